The highest BCUT2D eigenvalue weighted by Crippen LogP contribution is 2.05. The molecule has 11 heavy (non-hydrogen) atoms. The van der Waals surface area contributed by atoms with E-state index < -0.39 is 12.8 Å². The van der Waals surface area contributed by atoms with Crippen LogP contribution >= 0.6 is 0 Å². The minimum atomic E-state index is -0.636. The predicted molar refractivity (Wildman–Crippen MR) is 36.6 cm³/mol. The molecule has 1 rings (SSSR count). The number of halogens is 1. The molecule has 5 heteroatoms. The molecule has 0 aromatic carbocycles. The van der Waals surface area contributed by atoms with Crippen LogP contribution in [0.2, 0.25) is 0 Å². The Labute approximate surface area is 63.6 Å². The molecule has 0 aliphatic heterocycles. The molecule has 0 radical (unpaired) electrons. The number of aryl methyl sites for hydroxylation is 1. The van der Waals surface area contributed by atoms with Gasteiger partial charge in [0.1, 0.15) is 12.4 Å². The molecular formula is C6H10FN3O. The Morgan fingerprint density at radius 1 is 1.82 bits per heavy atom. The summed E-state index contributed by atoms with van der Waals surface area (Å²) in [6, 6.07) is 0. The number of hydrogen-bond donors (Lipinski definition) is 1. The Morgan fingerprint density at radius 2 is 2.55 bits per heavy atom. The maximum Gasteiger partial charge on any atom is 0.111 e. The summed E-state index contributed by atoms with van der Waals surface area (Å²) >= 11 is 0. The highest BCUT2D eigenvalue weighted by atomic mass is 19.1. The number of alkyl halides is 1. The summed E-state index contributed by atoms with van der Waals surface area (Å²) in [4.78, 5) is 0. The van der Waals surface area contributed by atoms with E-state index in [1.54, 1.807) is 6.92 Å². The summed E-state index contributed by atoms with van der Waals surface area (Å²) in [6.45, 7) is 1.31. The third kappa shape index (κ3) is 1.98. The molecule has 0 amide bonds. The van der Waals surface area contributed by atoms with Gasteiger partial charge in [-0.05, 0) is 6.92 Å². The number of aromatic nitrogens is 3. The van der Waals surface area contributed by atoms with Gasteiger partial charge in [0.15, 0.2) is 0 Å². The number of aliphatic hydroxyl groups excluding tert-OH is 1. The molecule has 1 unspecified atom stereocenters. The van der Waals surface area contributed by atoms with Crippen LogP contribution in [-0.2, 0) is 6.54 Å². The van der Waals surface area contributed by atoms with E-state index in [-0.39, 0.29) is 6.54 Å². The molecule has 1 aromatic rings. The van der Waals surface area contributed by atoms with Crippen molar-refractivity contribution in [1.82, 2.24) is 15.0 Å². The lowest BCUT2D eigenvalue weighted by atomic mass is 10.3. The van der Waals surface area contributed by atoms with Gasteiger partial charge in [-0.25, -0.2) is 9.07 Å². The second-order valence-electron chi connectivity index (χ2n) is 2.27. The highest BCUT2D eigenvalue weighted by molar-refractivity contribution is 4.95. The lowest BCUT2D eigenvalue weighted by molar-refractivity contribution is 0.194. The molecule has 0 spiro atoms. The van der Waals surface area contributed by atoms with E-state index in [9.17, 15) is 4.39 Å². The van der Waals surface area contributed by atoms with E-state index in [1.807, 2.05) is 0 Å². The summed E-state index contributed by atoms with van der Waals surface area (Å²) in [6.07, 6.45) is 0.896. The molecule has 0 saturated heterocycles. The molecule has 0 aliphatic carbocycles. The summed E-state index contributed by atoms with van der Waals surface area (Å²) in [7, 11) is 0. The first-order valence-corrected chi connectivity index (χ1v) is 3.38. The Hall–Kier alpha value is -0.970. The number of rotatable bonds is 3. The van der Waals surface area contributed by atoms with Gasteiger partial charge in [-0.3, -0.25) is 0 Å². The van der Waals surface area contributed by atoms with Crippen molar-refractivity contribution in [2.45, 2.75) is 19.6 Å². The van der Waals surface area contributed by atoms with Crippen LogP contribution < -0.4 is 0 Å². The van der Waals surface area contributed by atoms with Crippen LogP contribution in [0.15, 0.2) is 6.20 Å². The van der Waals surface area contributed by atoms with Crippen molar-refractivity contribution in [3.8, 4) is 0 Å². The lowest BCUT2D eigenvalue weighted by Crippen LogP contribution is -1.99. The van der Waals surface area contributed by atoms with Crippen LogP contribution in [0.5, 0.6) is 0 Å². The maximum atomic E-state index is 11.7. The number of aliphatic hydroxyl groups is 1. The predicted octanol–water partition coefficient (Wildman–Crippen LogP) is 0.301. The van der Waals surface area contributed by atoms with Gasteiger partial charge in [0.25, 0.3) is 0 Å². The molecular weight excluding hydrogens is 149 g/mol. The van der Waals surface area contributed by atoms with Crippen molar-refractivity contribution >= 4 is 0 Å². The van der Waals surface area contributed by atoms with Gasteiger partial charge in [0.05, 0.1) is 18.8 Å². The third-order valence-electron chi connectivity index (χ3n) is 1.30. The fourth-order valence-electron chi connectivity index (χ4n) is 0.701. The Morgan fingerprint density at radius 3 is 3.00 bits per heavy atom. The van der Waals surface area contributed by atoms with E-state index in [0.29, 0.717) is 5.69 Å². The second-order valence-corrected chi connectivity index (χ2v) is 2.27. The first-order valence-electron chi connectivity index (χ1n) is 3.38. The van der Waals surface area contributed by atoms with E-state index in [4.69, 9.17) is 5.11 Å². The molecule has 1 aromatic heterocycles. The van der Waals surface area contributed by atoms with E-state index in [0.717, 1.165) is 0 Å². The molecule has 0 saturated carbocycles. The van der Waals surface area contributed by atoms with Crippen molar-refractivity contribution in [2.24, 2.45) is 0 Å². The van der Waals surface area contributed by atoms with Gasteiger partial charge < -0.3 is 5.11 Å². The van der Waals surface area contributed by atoms with Crippen molar-refractivity contribution in [2.75, 3.05) is 6.67 Å². The zero-order valence-corrected chi connectivity index (χ0v) is 6.24. The molecule has 1 atom stereocenters. The zero-order valence-electron chi connectivity index (χ0n) is 6.24. The summed E-state index contributed by atoms with van der Waals surface area (Å²) < 4.78 is 13.1. The summed E-state index contributed by atoms with van der Waals surface area (Å²) in [5, 5.41) is 16.2. The van der Waals surface area contributed by atoms with Crippen LogP contribution in [0, 0.1) is 0 Å². The van der Waals surface area contributed by atoms with Gasteiger partial charge in [-0.2, -0.15) is 0 Å². The quantitative estimate of drug-likeness (QED) is 0.690. The minimum Gasteiger partial charge on any atom is -0.387 e. The fraction of sp³-hybridized carbons (Fsp3) is 0.667. The van der Waals surface area contributed by atoms with Crippen molar-refractivity contribution in [1.29, 1.82) is 0 Å². The number of hydrogen-bond acceptors (Lipinski definition) is 3. The smallest absolute Gasteiger partial charge is 0.111 e. The van der Waals surface area contributed by atoms with Crippen LogP contribution in [0.3, 0.4) is 0 Å². The Kier molecular flexibility index (Phi) is 2.53. The monoisotopic (exact) mass is 159 g/mol. The lowest BCUT2D eigenvalue weighted by Gasteiger charge is -1.94. The Bertz CT molecular complexity index is 223. The molecule has 0 bridgehead atoms. The van der Waals surface area contributed by atoms with Crippen molar-refractivity contribution in [3.05, 3.63) is 11.9 Å². The van der Waals surface area contributed by atoms with Gasteiger partial charge in [0.2, 0.25) is 0 Å². The first-order chi connectivity index (χ1) is 5.24. The normalized spacial score (nSPS) is 13.4. The molecule has 1 N–H and O–H groups in total. The second kappa shape index (κ2) is 3.43. The minimum absolute atomic E-state index is 0.194. The fourth-order valence-corrected chi connectivity index (χ4v) is 0.701. The van der Waals surface area contributed by atoms with Crippen LogP contribution in [0.1, 0.15) is 18.7 Å². The van der Waals surface area contributed by atoms with Crippen LogP contribution in [-0.4, -0.2) is 26.8 Å². The molecule has 0 aliphatic rings. The average Bonchev–Trinajstić information content (AvgIpc) is 2.37. The molecule has 0 fully saturated rings. The maximum absolute atomic E-state index is 11.7. The van der Waals surface area contributed by atoms with Gasteiger partial charge in [-0.15, -0.1) is 5.10 Å². The van der Waals surface area contributed by atoms with E-state index in [1.165, 1.54) is 10.9 Å². The highest BCUT2D eigenvalue weighted by Gasteiger charge is 2.04. The van der Waals surface area contributed by atoms with Crippen LogP contribution in [0.4, 0.5) is 4.39 Å². The third-order valence-corrected chi connectivity index (χ3v) is 1.30. The van der Waals surface area contributed by atoms with Gasteiger partial charge in [0, 0.05) is 0 Å². The summed E-state index contributed by atoms with van der Waals surface area (Å²) in [5.41, 5.74) is 0.471. The zero-order chi connectivity index (χ0) is 8.27. The van der Waals surface area contributed by atoms with Crippen molar-refractivity contribution < 1.29 is 9.50 Å². The van der Waals surface area contributed by atoms with E-state index in [2.05, 4.69) is 10.3 Å². The SMILES string of the molecule is CC(O)c1cn(CCF)nn1. The first kappa shape index (κ1) is 8.13. The van der Waals surface area contributed by atoms with Crippen molar-refractivity contribution in [3.63, 3.8) is 0 Å². The average molecular weight is 159 g/mol. The standard InChI is InChI=1S/C6H10FN3O/c1-5(11)6-4-10(3-2-7)9-8-6/h4-5,11H,2-3H2,1H3. The molecule has 1 heterocycles. The van der Waals surface area contributed by atoms with Crippen LogP contribution in [0.25, 0.3) is 0 Å². The van der Waals surface area contributed by atoms with Gasteiger partial charge >= 0.3 is 0 Å². The summed E-state index contributed by atoms with van der Waals surface area (Å²) in [5.74, 6) is 0. The molecule has 4 nitrogen and oxygen atoms in total. The largest absolute Gasteiger partial charge is 0.387 e. The topological polar surface area (TPSA) is 50.9 Å². The molecule has 62 valence electrons. The number of nitrogens with zero attached hydrogens (tertiary/aromatic N) is 3. The Balaban J connectivity index is 2.66. The van der Waals surface area contributed by atoms with E-state index >= 15 is 0 Å². The van der Waals surface area contributed by atoms with Gasteiger partial charge in [-0.1, -0.05) is 5.21 Å².